The first-order valence-corrected chi connectivity index (χ1v) is 4.64. The lowest BCUT2D eigenvalue weighted by molar-refractivity contribution is 0.0593. The summed E-state index contributed by atoms with van der Waals surface area (Å²) in [5.74, 6) is -0.812. The van der Waals surface area contributed by atoms with Crippen molar-refractivity contribution in [1.29, 1.82) is 0 Å². The van der Waals surface area contributed by atoms with Crippen molar-refractivity contribution in [3.63, 3.8) is 0 Å². The van der Waals surface area contributed by atoms with Gasteiger partial charge in [0.05, 0.1) is 17.8 Å². The quantitative estimate of drug-likeness (QED) is 0.833. The molecule has 0 saturated carbocycles. The van der Waals surface area contributed by atoms with Crippen LogP contribution in [0.15, 0.2) is 6.07 Å². The maximum atomic E-state index is 12.6. The lowest BCUT2D eigenvalue weighted by Crippen LogP contribution is -2.11. The van der Waals surface area contributed by atoms with Gasteiger partial charge in [0.1, 0.15) is 5.69 Å². The third kappa shape index (κ3) is 2.45. The molecule has 0 fully saturated rings. The lowest BCUT2D eigenvalue weighted by atomic mass is 10.2. The summed E-state index contributed by atoms with van der Waals surface area (Å²) in [4.78, 5) is 14.9. The number of carbonyl (C=O) groups excluding carboxylic acids is 1. The molecule has 1 heterocycles. The van der Waals surface area contributed by atoms with Crippen LogP contribution in [0.3, 0.4) is 0 Å². The van der Waals surface area contributed by atoms with Crippen LogP contribution >= 0.6 is 11.6 Å². The monoisotopic (exact) mass is 250 g/mol. The topological polar surface area (TPSA) is 65.2 Å². The highest BCUT2D eigenvalue weighted by atomic mass is 35.5. The number of halogens is 3. The number of aromatic nitrogens is 1. The summed E-state index contributed by atoms with van der Waals surface area (Å²) in [7, 11) is 1.13. The minimum absolute atomic E-state index is 0.0415. The van der Waals surface area contributed by atoms with Crippen LogP contribution < -0.4 is 5.73 Å². The smallest absolute Gasteiger partial charge is 0.356 e. The Hall–Kier alpha value is -1.27. The average molecular weight is 251 g/mol. The number of esters is 1. The van der Waals surface area contributed by atoms with E-state index in [0.717, 1.165) is 13.2 Å². The van der Waals surface area contributed by atoms with Crippen LogP contribution in [0, 0.1) is 0 Å². The van der Waals surface area contributed by atoms with E-state index in [9.17, 15) is 13.6 Å². The van der Waals surface area contributed by atoms with Crippen molar-refractivity contribution in [2.45, 2.75) is 13.0 Å². The molecule has 0 aliphatic carbocycles. The Bertz CT molecular complexity index is 413. The molecule has 4 nitrogen and oxygen atoms in total. The zero-order chi connectivity index (χ0) is 12.3. The molecule has 0 amide bonds. The molecule has 0 aliphatic heterocycles. The SMILES string of the molecule is COC(=O)c1cc(C(F)F)c(Cl)c(CN)n1. The first-order valence-electron chi connectivity index (χ1n) is 4.27. The van der Waals surface area contributed by atoms with E-state index in [0.29, 0.717) is 0 Å². The molecule has 16 heavy (non-hydrogen) atoms. The molecule has 7 heteroatoms. The van der Waals surface area contributed by atoms with Gasteiger partial charge < -0.3 is 10.5 Å². The van der Waals surface area contributed by atoms with E-state index in [1.165, 1.54) is 0 Å². The third-order valence-electron chi connectivity index (χ3n) is 1.88. The number of hydrogen-bond acceptors (Lipinski definition) is 4. The van der Waals surface area contributed by atoms with Gasteiger partial charge in [-0.25, -0.2) is 18.6 Å². The number of alkyl halides is 2. The summed E-state index contributed by atoms with van der Waals surface area (Å²) in [5, 5.41) is -0.217. The van der Waals surface area contributed by atoms with Gasteiger partial charge in [-0.15, -0.1) is 0 Å². The van der Waals surface area contributed by atoms with Gasteiger partial charge in [0, 0.05) is 12.1 Å². The summed E-state index contributed by atoms with van der Waals surface area (Å²) in [6, 6.07) is 0.901. The molecule has 0 unspecified atom stereocenters. The van der Waals surface area contributed by atoms with E-state index in [1.807, 2.05) is 0 Å². The molecular weight excluding hydrogens is 242 g/mol. The van der Waals surface area contributed by atoms with Gasteiger partial charge in [-0.2, -0.15) is 0 Å². The molecule has 0 radical (unpaired) electrons. The molecule has 1 aromatic rings. The van der Waals surface area contributed by atoms with E-state index < -0.39 is 18.0 Å². The van der Waals surface area contributed by atoms with E-state index in [2.05, 4.69) is 9.72 Å². The summed E-state index contributed by atoms with van der Waals surface area (Å²) in [5.41, 5.74) is 4.62. The van der Waals surface area contributed by atoms with Crippen molar-refractivity contribution < 1.29 is 18.3 Å². The van der Waals surface area contributed by atoms with Crippen LogP contribution in [0.1, 0.15) is 28.2 Å². The minimum atomic E-state index is -2.80. The van der Waals surface area contributed by atoms with Crippen LogP contribution in [0.2, 0.25) is 5.02 Å². The predicted molar refractivity (Wildman–Crippen MR) is 53.4 cm³/mol. The van der Waals surface area contributed by atoms with Gasteiger partial charge in [0.2, 0.25) is 0 Å². The summed E-state index contributed by atoms with van der Waals surface area (Å²) in [6.45, 7) is -0.136. The molecule has 2 N–H and O–H groups in total. The van der Waals surface area contributed by atoms with Crippen LogP contribution in [0.5, 0.6) is 0 Å². The fourth-order valence-corrected chi connectivity index (χ4v) is 1.36. The highest BCUT2D eigenvalue weighted by molar-refractivity contribution is 6.32. The molecule has 88 valence electrons. The van der Waals surface area contributed by atoms with Crippen LogP contribution in [-0.4, -0.2) is 18.1 Å². The van der Waals surface area contributed by atoms with E-state index in [-0.39, 0.29) is 23.0 Å². The van der Waals surface area contributed by atoms with E-state index in [1.54, 1.807) is 0 Å². The minimum Gasteiger partial charge on any atom is -0.464 e. The Kier molecular flexibility index (Phi) is 4.14. The zero-order valence-corrected chi connectivity index (χ0v) is 9.09. The average Bonchev–Trinajstić information content (AvgIpc) is 2.27. The summed E-state index contributed by atoms with van der Waals surface area (Å²) in [6.07, 6.45) is -2.80. The van der Waals surface area contributed by atoms with Crippen molar-refractivity contribution in [1.82, 2.24) is 4.98 Å². The fourth-order valence-electron chi connectivity index (χ4n) is 1.11. The van der Waals surface area contributed by atoms with Crippen molar-refractivity contribution in [3.8, 4) is 0 Å². The van der Waals surface area contributed by atoms with Gasteiger partial charge in [-0.3, -0.25) is 0 Å². The Labute approximate surface area is 95.4 Å². The normalized spacial score (nSPS) is 10.6. The zero-order valence-electron chi connectivity index (χ0n) is 8.34. The maximum absolute atomic E-state index is 12.6. The van der Waals surface area contributed by atoms with Gasteiger partial charge in [-0.1, -0.05) is 11.6 Å². The first kappa shape index (κ1) is 12.8. The highest BCUT2D eigenvalue weighted by Crippen LogP contribution is 2.29. The van der Waals surface area contributed by atoms with Gasteiger partial charge in [0.25, 0.3) is 6.43 Å². The van der Waals surface area contributed by atoms with Crippen molar-refractivity contribution in [2.75, 3.05) is 7.11 Å². The Morgan fingerprint density at radius 1 is 1.69 bits per heavy atom. The predicted octanol–water partition coefficient (Wildman–Crippen LogP) is 1.92. The van der Waals surface area contributed by atoms with Crippen LogP contribution in [0.4, 0.5) is 8.78 Å². The highest BCUT2D eigenvalue weighted by Gasteiger charge is 2.20. The third-order valence-corrected chi connectivity index (χ3v) is 2.31. The molecule has 0 aromatic carbocycles. The number of rotatable bonds is 3. The fraction of sp³-hybridized carbons (Fsp3) is 0.333. The second-order valence-corrected chi connectivity index (χ2v) is 3.23. The van der Waals surface area contributed by atoms with Crippen LogP contribution in [-0.2, 0) is 11.3 Å². The molecule has 0 spiro atoms. The lowest BCUT2D eigenvalue weighted by Gasteiger charge is -2.09. The van der Waals surface area contributed by atoms with Crippen molar-refractivity contribution in [2.24, 2.45) is 5.73 Å². The van der Waals surface area contributed by atoms with Crippen LogP contribution in [0.25, 0.3) is 0 Å². The molecule has 0 atom stereocenters. The van der Waals surface area contributed by atoms with E-state index in [4.69, 9.17) is 17.3 Å². The number of carbonyl (C=O) groups is 1. The maximum Gasteiger partial charge on any atom is 0.356 e. The van der Waals surface area contributed by atoms with E-state index >= 15 is 0 Å². The van der Waals surface area contributed by atoms with Gasteiger partial charge in [0.15, 0.2) is 0 Å². The molecule has 1 rings (SSSR count). The molecule has 0 bridgehead atoms. The second-order valence-electron chi connectivity index (χ2n) is 2.85. The molecule has 0 saturated heterocycles. The number of pyridine rings is 1. The Morgan fingerprint density at radius 3 is 2.75 bits per heavy atom. The Balaban J connectivity index is 3.34. The number of hydrogen-bond donors (Lipinski definition) is 1. The second kappa shape index (κ2) is 5.18. The summed E-state index contributed by atoms with van der Waals surface area (Å²) >= 11 is 5.65. The number of methoxy groups -OCH3 is 1. The number of nitrogens with two attached hydrogens (primary N) is 1. The summed E-state index contributed by atoms with van der Waals surface area (Å²) < 4.78 is 29.6. The Morgan fingerprint density at radius 2 is 2.31 bits per heavy atom. The van der Waals surface area contributed by atoms with Crippen molar-refractivity contribution >= 4 is 17.6 Å². The van der Waals surface area contributed by atoms with Gasteiger partial charge in [-0.05, 0) is 6.07 Å². The first-order chi connectivity index (χ1) is 7.51. The largest absolute Gasteiger partial charge is 0.464 e. The molecular formula is C9H9ClF2N2O2. The van der Waals surface area contributed by atoms with Gasteiger partial charge >= 0.3 is 5.97 Å². The standard InChI is InChI=1S/C9H9ClF2N2O2/c1-16-9(15)5-2-4(8(11)12)7(10)6(3-13)14-5/h2,8H,3,13H2,1H3. The number of ether oxygens (including phenoxy) is 1. The van der Waals surface area contributed by atoms with Crippen molar-refractivity contribution in [3.05, 3.63) is 28.0 Å². The molecule has 0 aliphatic rings. The molecule has 1 aromatic heterocycles. The number of nitrogens with zero attached hydrogens (tertiary/aromatic N) is 1.